The Kier molecular flexibility index (Phi) is 3.92. The predicted octanol–water partition coefficient (Wildman–Crippen LogP) is 4.34. The smallest absolute Gasteiger partial charge is 0.102 e. The third kappa shape index (κ3) is 2.97. The summed E-state index contributed by atoms with van der Waals surface area (Å²) in [5, 5.41) is 9.26. The van der Waals surface area contributed by atoms with Crippen molar-refractivity contribution in [1.29, 1.82) is 5.26 Å². The molecule has 0 spiro atoms. The average Bonchev–Trinajstić information content (AvgIpc) is 2.33. The minimum Gasteiger partial charge on any atom is -0.257 e. The molecule has 3 heteroatoms. The van der Waals surface area contributed by atoms with Crippen LogP contribution in [0.2, 0.25) is 0 Å². The summed E-state index contributed by atoms with van der Waals surface area (Å²) in [5.41, 5.74) is 4.98. The van der Waals surface area contributed by atoms with Gasteiger partial charge in [0.25, 0.3) is 0 Å². The molecule has 1 aromatic carbocycles. The molecule has 0 atom stereocenters. The van der Waals surface area contributed by atoms with Crippen molar-refractivity contribution in [1.82, 2.24) is 4.98 Å². The van der Waals surface area contributed by atoms with Gasteiger partial charge in [-0.1, -0.05) is 17.8 Å². The first-order chi connectivity index (χ1) is 9.01. The maximum absolute atomic E-state index is 9.26. The van der Waals surface area contributed by atoms with Gasteiger partial charge < -0.3 is 0 Å². The Bertz CT molecular complexity index is 669. The molecule has 0 saturated carbocycles. The monoisotopic (exact) mass is 268 g/mol. The summed E-state index contributed by atoms with van der Waals surface area (Å²) in [6.45, 7) is 8.05. The molecule has 0 radical (unpaired) electrons. The van der Waals surface area contributed by atoms with Crippen LogP contribution in [0.1, 0.15) is 28.1 Å². The topological polar surface area (TPSA) is 36.7 Å². The van der Waals surface area contributed by atoms with E-state index in [1.807, 2.05) is 19.9 Å². The summed E-state index contributed by atoms with van der Waals surface area (Å²) < 4.78 is 0. The zero-order valence-corrected chi connectivity index (χ0v) is 12.4. The van der Waals surface area contributed by atoms with Gasteiger partial charge in [0, 0.05) is 15.5 Å². The van der Waals surface area contributed by atoms with Crippen LogP contribution >= 0.6 is 11.8 Å². The number of pyridine rings is 1. The van der Waals surface area contributed by atoms with Gasteiger partial charge in [-0.25, -0.2) is 0 Å². The number of aromatic nitrogens is 1. The third-order valence-corrected chi connectivity index (χ3v) is 4.14. The lowest BCUT2D eigenvalue weighted by molar-refractivity contribution is 1.07. The zero-order valence-electron chi connectivity index (χ0n) is 11.6. The summed E-state index contributed by atoms with van der Waals surface area (Å²) in [5.74, 6) is 0. The molecule has 96 valence electrons. The molecule has 0 unspecified atom stereocenters. The standard InChI is InChI=1S/C16H16N2S/c1-10-5-6-14(7-11(10)2)19-16-8-12(3)18-13(4)15(16)9-17/h5-8H,1-4H3. The quantitative estimate of drug-likeness (QED) is 0.813. The fourth-order valence-electron chi connectivity index (χ4n) is 1.91. The molecule has 19 heavy (non-hydrogen) atoms. The van der Waals surface area contributed by atoms with E-state index >= 15 is 0 Å². The number of aryl methyl sites for hydroxylation is 4. The van der Waals surface area contributed by atoms with E-state index in [1.54, 1.807) is 11.8 Å². The minimum atomic E-state index is 0.675. The first-order valence-corrected chi connectivity index (χ1v) is 6.96. The molecule has 0 bridgehead atoms. The van der Waals surface area contributed by atoms with Gasteiger partial charge in [0.15, 0.2) is 0 Å². The molecule has 0 aliphatic rings. The Morgan fingerprint density at radius 3 is 2.42 bits per heavy atom. The van der Waals surface area contributed by atoms with Crippen LogP contribution in [0, 0.1) is 39.0 Å². The van der Waals surface area contributed by atoms with E-state index < -0.39 is 0 Å². The van der Waals surface area contributed by atoms with E-state index in [0.717, 1.165) is 21.2 Å². The highest BCUT2D eigenvalue weighted by molar-refractivity contribution is 7.99. The van der Waals surface area contributed by atoms with Crippen molar-refractivity contribution in [2.75, 3.05) is 0 Å². The van der Waals surface area contributed by atoms with Gasteiger partial charge in [-0.3, -0.25) is 4.98 Å². The van der Waals surface area contributed by atoms with E-state index in [-0.39, 0.29) is 0 Å². The highest BCUT2D eigenvalue weighted by Gasteiger charge is 2.10. The molecule has 2 nitrogen and oxygen atoms in total. The second kappa shape index (κ2) is 5.46. The second-order valence-electron chi connectivity index (χ2n) is 4.68. The lowest BCUT2D eigenvalue weighted by atomic mass is 10.1. The van der Waals surface area contributed by atoms with Crippen LogP contribution in [0.5, 0.6) is 0 Å². The van der Waals surface area contributed by atoms with E-state index in [0.29, 0.717) is 5.56 Å². The van der Waals surface area contributed by atoms with Crippen molar-refractivity contribution in [3.8, 4) is 6.07 Å². The lowest BCUT2D eigenvalue weighted by Gasteiger charge is -2.09. The van der Waals surface area contributed by atoms with Gasteiger partial charge in [-0.05, 0) is 57.0 Å². The van der Waals surface area contributed by atoms with Crippen LogP contribution in [0.4, 0.5) is 0 Å². The van der Waals surface area contributed by atoms with Crippen molar-refractivity contribution >= 4 is 11.8 Å². The maximum atomic E-state index is 9.26. The molecule has 1 aromatic heterocycles. The molecule has 0 fully saturated rings. The molecule has 0 N–H and O–H groups in total. The Balaban J connectivity index is 2.43. The van der Waals surface area contributed by atoms with Gasteiger partial charge in [0.2, 0.25) is 0 Å². The fraction of sp³-hybridized carbons (Fsp3) is 0.250. The zero-order chi connectivity index (χ0) is 14.0. The maximum Gasteiger partial charge on any atom is 0.102 e. The third-order valence-electron chi connectivity index (χ3n) is 3.11. The highest BCUT2D eigenvalue weighted by atomic mass is 32.2. The minimum absolute atomic E-state index is 0.675. The molecule has 2 aromatic rings. The summed E-state index contributed by atoms with van der Waals surface area (Å²) in [6, 6.07) is 10.6. The number of benzene rings is 1. The largest absolute Gasteiger partial charge is 0.257 e. The van der Waals surface area contributed by atoms with Crippen LogP contribution in [0.15, 0.2) is 34.1 Å². The highest BCUT2D eigenvalue weighted by Crippen LogP contribution is 2.32. The fourth-order valence-corrected chi connectivity index (χ4v) is 3.06. The number of hydrogen-bond acceptors (Lipinski definition) is 3. The van der Waals surface area contributed by atoms with Gasteiger partial charge in [0.1, 0.15) is 6.07 Å². The van der Waals surface area contributed by atoms with E-state index in [4.69, 9.17) is 0 Å². The van der Waals surface area contributed by atoms with Crippen LogP contribution in [-0.2, 0) is 0 Å². The molecule has 0 aliphatic carbocycles. The normalized spacial score (nSPS) is 10.3. The van der Waals surface area contributed by atoms with E-state index in [9.17, 15) is 5.26 Å². The molecule has 1 heterocycles. The Morgan fingerprint density at radius 2 is 1.79 bits per heavy atom. The van der Waals surface area contributed by atoms with Crippen molar-refractivity contribution in [2.24, 2.45) is 0 Å². The molecule has 0 saturated heterocycles. The molecular formula is C16H16N2S. The van der Waals surface area contributed by atoms with Crippen LogP contribution in [0.25, 0.3) is 0 Å². The van der Waals surface area contributed by atoms with Crippen molar-refractivity contribution in [3.63, 3.8) is 0 Å². The van der Waals surface area contributed by atoms with Gasteiger partial charge in [0.05, 0.1) is 11.3 Å². The predicted molar refractivity (Wildman–Crippen MR) is 78.5 cm³/mol. The van der Waals surface area contributed by atoms with Gasteiger partial charge in [-0.2, -0.15) is 5.26 Å². The van der Waals surface area contributed by atoms with Crippen molar-refractivity contribution < 1.29 is 0 Å². The van der Waals surface area contributed by atoms with Gasteiger partial charge in [-0.15, -0.1) is 0 Å². The molecular weight excluding hydrogens is 252 g/mol. The SMILES string of the molecule is Cc1cc(Sc2ccc(C)c(C)c2)c(C#N)c(C)n1. The van der Waals surface area contributed by atoms with Crippen molar-refractivity contribution in [3.05, 3.63) is 52.3 Å². The Hall–Kier alpha value is -1.79. The number of hydrogen-bond donors (Lipinski definition) is 0. The lowest BCUT2D eigenvalue weighted by Crippen LogP contribution is -1.94. The Labute approximate surface area is 118 Å². The first-order valence-electron chi connectivity index (χ1n) is 6.14. The Morgan fingerprint density at radius 1 is 1.05 bits per heavy atom. The first kappa shape index (κ1) is 13.6. The molecule has 0 aliphatic heterocycles. The van der Waals surface area contributed by atoms with E-state index in [1.165, 1.54) is 11.1 Å². The van der Waals surface area contributed by atoms with Crippen LogP contribution in [0.3, 0.4) is 0 Å². The summed E-state index contributed by atoms with van der Waals surface area (Å²) in [4.78, 5) is 6.48. The summed E-state index contributed by atoms with van der Waals surface area (Å²) in [6.07, 6.45) is 0. The molecule has 2 rings (SSSR count). The second-order valence-corrected chi connectivity index (χ2v) is 5.80. The van der Waals surface area contributed by atoms with Crippen LogP contribution < -0.4 is 0 Å². The summed E-state index contributed by atoms with van der Waals surface area (Å²) >= 11 is 1.63. The van der Waals surface area contributed by atoms with E-state index in [2.05, 4.69) is 43.1 Å². The number of nitrogens with zero attached hydrogens (tertiary/aromatic N) is 2. The van der Waals surface area contributed by atoms with Crippen molar-refractivity contribution in [2.45, 2.75) is 37.5 Å². The average molecular weight is 268 g/mol. The van der Waals surface area contributed by atoms with Gasteiger partial charge >= 0.3 is 0 Å². The van der Waals surface area contributed by atoms with Crippen LogP contribution in [-0.4, -0.2) is 4.98 Å². The molecule has 0 amide bonds. The number of nitriles is 1. The number of rotatable bonds is 2. The summed E-state index contributed by atoms with van der Waals surface area (Å²) in [7, 11) is 0.